The summed E-state index contributed by atoms with van der Waals surface area (Å²) in [6.07, 6.45) is -19.4. The summed E-state index contributed by atoms with van der Waals surface area (Å²) in [5.74, 6) is -64.5. The number of halogens is 16. The number of hydrogen-bond acceptors (Lipinski definition) is 29. The van der Waals surface area contributed by atoms with E-state index >= 15 is 0 Å². The minimum absolute atomic E-state index is 0.0879. The van der Waals surface area contributed by atoms with Crippen molar-refractivity contribution in [1.29, 1.82) is 0 Å². The molecule has 0 radical (unpaired) electrons. The van der Waals surface area contributed by atoms with Gasteiger partial charge in [-0.05, 0) is 19.1 Å². The second kappa shape index (κ2) is 29.5. The number of rotatable bonds is 29. The van der Waals surface area contributed by atoms with Crippen LogP contribution in [0.1, 0.15) is 65.4 Å². The van der Waals surface area contributed by atoms with Crippen LogP contribution in [0, 0.1) is 13.8 Å². The highest BCUT2D eigenvalue weighted by Gasteiger charge is 2.95. The van der Waals surface area contributed by atoms with Crippen molar-refractivity contribution in [2.45, 2.75) is 206 Å². The monoisotopic (exact) mass is 1560 g/mol. The summed E-state index contributed by atoms with van der Waals surface area (Å²) in [5, 5.41) is 132. The first-order chi connectivity index (χ1) is 49.3. The van der Waals surface area contributed by atoms with Gasteiger partial charge in [0, 0.05) is 36.4 Å². The van der Waals surface area contributed by atoms with Crippen LogP contribution in [0.3, 0.4) is 0 Å². The zero-order chi connectivity index (χ0) is 78.3. The molecule has 53 heteroatoms. The summed E-state index contributed by atoms with van der Waals surface area (Å²) in [5.41, 5.74) is -5.95. The number of nitrogens with zero attached hydrogens (tertiary/aromatic N) is 17. The maximum atomic E-state index is 14.9. The standard InChI is InChI=1S/C53H61F16N17O20/c1-21-6-80(44(99)82(40(21)96)10-23-11-84(77-71-23)43-39(95)37(93)35(91)31(15-87)105-43)33-3-27(89)29(103-33)13-78-8-24(72-75-78)17-101-19-46(54,55)48(58,59)50(62,63)52(66,67)53(68,69)51(64,65)49(60,61)47(56,57)20-102-18-25-9-79(76-73-25)14-30-28(90)4-34(104-30)81-7-22(2)41(97)83(45(81)100)12-26-5-70-74-85(26)86-42(98)38(94)36(92)32(16-88)106-86/h5-9,11,27-39,42-43,87-95,98H,3-4,10,12-20H2,1-2H3/t27-,28-,29?,30?,31?,32?,33-,34-,35?,36?,37?,38?,39?,42?,43?/m1/s1. The van der Waals surface area contributed by atoms with Gasteiger partial charge in [-0.3, -0.25) is 27.9 Å². The number of hydroxylamine groups is 1. The number of aromatic nitrogens is 16. The molecule has 0 spiro atoms. The second-order valence-electron chi connectivity index (χ2n) is 24.9. The Morgan fingerprint density at radius 1 is 0.491 bits per heavy atom. The van der Waals surface area contributed by atoms with Crippen LogP contribution in [0.4, 0.5) is 70.2 Å². The SMILES string of the molecule is Cc1cn([C@H]2C[C@@H](O)C(Cn3cc(COCC(F)(F)C(F)(F)C(F)(F)C(F)(F)C(F)(F)C(F)(F)C(F)(F)C(F)(F)COCc4cn(CC5O[C@@H](n6cc(C)c(=O)n(Cc7cnnn7N7OC(CO)C(O)C(O)C7O)c6=O)C[C@H]5O)nn4)nn3)O2)c(=O)n(Cc2cn(C3OC(CO)C(O)C(O)C3O)nn2)c1=O. The molecule has 15 atom stereocenters. The molecule has 11 unspecified atom stereocenters. The summed E-state index contributed by atoms with van der Waals surface area (Å²) in [4.78, 5) is 60.0. The molecule has 0 aromatic carbocycles. The summed E-state index contributed by atoms with van der Waals surface area (Å²) >= 11 is 0. The molecule has 0 aliphatic carbocycles. The van der Waals surface area contributed by atoms with Crippen LogP contribution in [0.15, 0.2) is 56.4 Å². The Bertz CT molecular complexity index is 4350. The molecule has 106 heavy (non-hydrogen) atoms. The smallest absolute Gasteiger partial charge is 0.385 e. The first-order valence-electron chi connectivity index (χ1n) is 30.8. The molecule has 0 saturated carbocycles. The largest absolute Gasteiger partial charge is 0.394 e. The quantitative estimate of drug-likeness (QED) is 0.0201. The van der Waals surface area contributed by atoms with Crippen LogP contribution in [-0.2, 0) is 67.9 Å². The second-order valence-corrected chi connectivity index (χ2v) is 24.9. The van der Waals surface area contributed by atoms with E-state index in [1.165, 1.54) is 13.8 Å². The zero-order valence-corrected chi connectivity index (χ0v) is 53.8. The molecule has 10 heterocycles. The fourth-order valence-corrected chi connectivity index (χ4v) is 11.4. The first kappa shape index (κ1) is 80.5. The van der Waals surface area contributed by atoms with Crippen LogP contribution < -0.4 is 27.7 Å². The fraction of sp³-hybridized carbons (Fsp3) is 0.698. The Kier molecular flexibility index (Phi) is 22.4. The van der Waals surface area contributed by atoms with E-state index in [2.05, 4.69) is 50.7 Å². The third-order valence-corrected chi connectivity index (χ3v) is 17.4. The molecule has 4 saturated heterocycles. The van der Waals surface area contributed by atoms with Crippen LogP contribution in [0.5, 0.6) is 0 Å². The van der Waals surface area contributed by atoms with E-state index in [0.29, 0.717) is 31.5 Å². The van der Waals surface area contributed by atoms with E-state index in [1.54, 1.807) is 0 Å². The van der Waals surface area contributed by atoms with Crippen molar-refractivity contribution in [1.82, 2.24) is 78.4 Å². The molecule has 590 valence electrons. The minimum Gasteiger partial charge on any atom is -0.394 e. The van der Waals surface area contributed by atoms with Crippen LogP contribution >= 0.6 is 0 Å². The highest BCUT2D eigenvalue weighted by atomic mass is 19.4. The molecular formula is C53H61F16N17O20. The van der Waals surface area contributed by atoms with Gasteiger partial charge in [0.1, 0.15) is 103 Å². The van der Waals surface area contributed by atoms with Gasteiger partial charge in [-0.1, -0.05) is 15.6 Å². The van der Waals surface area contributed by atoms with Gasteiger partial charge in [-0.15, -0.1) is 30.4 Å². The Balaban J connectivity index is 0.711. The number of ether oxygens (including phenoxy) is 5. The van der Waals surface area contributed by atoms with E-state index in [-0.39, 0.29) is 22.5 Å². The number of aliphatic hydroxyl groups excluding tert-OH is 10. The van der Waals surface area contributed by atoms with E-state index in [1.807, 2.05) is 0 Å². The third kappa shape index (κ3) is 14.3. The van der Waals surface area contributed by atoms with Gasteiger partial charge in [-0.25, -0.2) is 28.5 Å². The summed E-state index contributed by atoms with van der Waals surface area (Å²) in [6, 6.07) is 0. The molecule has 0 amide bonds. The van der Waals surface area contributed by atoms with Crippen LogP contribution in [0.25, 0.3) is 0 Å². The van der Waals surface area contributed by atoms with Crippen LogP contribution in [0.2, 0.25) is 0 Å². The van der Waals surface area contributed by atoms with Gasteiger partial charge in [0.05, 0.1) is 89.6 Å². The highest BCUT2D eigenvalue weighted by molar-refractivity contribution is 5.17. The maximum Gasteiger partial charge on any atom is 0.385 e. The molecule has 6 aromatic rings. The predicted octanol–water partition coefficient (Wildman–Crippen LogP) is -3.82. The summed E-state index contributed by atoms with van der Waals surface area (Å²) in [6.45, 7) is -11.2. The van der Waals surface area contributed by atoms with Crippen molar-refractivity contribution in [2.75, 3.05) is 31.6 Å². The van der Waals surface area contributed by atoms with Gasteiger partial charge in [-0.2, -0.15) is 70.2 Å². The highest BCUT2D eigenvalue weighted by Crippen LogP contribution is 2.64. The lowest BCUT2D eigenvalue weighted by Crippen LogP contribution is -2.75. The maximum absolute atomic E-state index is 14.9. The Hall–Kier alpha value is -8.04. The van der Waals surface area contributed by atoms with E-state index < -0.39 is 252 Å². The van der Waals surface area contributed by atoms with Gasteiger partial charge >= 0.3 is 58.8 Å². The van der Waals surface area contributed by atoms with Crippen molar-refractivity contribution in [3.8, 4) is 0 Å². The number of alkyl halides is 16. The number of hydrogen-bond donors (Lipinski definition) is 10. The molecule has 10 rings (SSSR count). The average Bonchev–Trinajstić information content (AvgIpc) is 1.16. The van der Waals surface area contributed by atoms with E-state index in [4.69, 9.17) is 19.0 Å². The minimum atomic E-state index is -8.79. The van der Waals surface area contributed by atoms with Gasteiger partial charge in [0.15, 0.2) is 12.5 Å². The van der Waals surface area contributed by atoms with E-state index in [9.17, 15) is 140 Å². The molecule has 37 nitrogen and oxygen atoms in total. The van der Waals surface area contributed by atoms with Crippen molar-refractivity contribution in [3.63, 3.8) is 0 Å². The molecule has 10 N–H and O–H groups in total. The van der Waals surface area contributed by atoms with Crippen molar-refractivity contribution >= 4 is 0 Å². The van der Waals surface area contributed by atoms with E-state index in [0.717, 1.165) is 48.0 Å². The summed E-state index contributed by atoms with van der Waals surface area (Å²) in [7, 11) is 0. The number of aliphatic hydroxyl groups is 10. The molecule has 4 aliphatic rings. The molecule has 4 aliphatic heterocycles. The summed E-state index contributed by atoms with van der Waals surface area (Å²) < 4.78 is 269. The molecule has 6 aromatic heterocycles. The Morgan fingerprint density at radius 3 is 1.39 bits per heavy atom. The zero-order valence-electron chi connectivity index (χ0n) is 53.8. The lowest BCUT2D eigenvalue weighted by atomic mass is 9.88. The van der Waals surface area contributed by atoms with Crippen molar-refractivity contribution in [3.05, 3.63) is 113 Å². The average molecular weight is 1560 g/mol. The Labute approximate surface area is 577 Å². The van der Waals surface area contributed by atoms with Crippen molar-refractivity contribution in [2.24, 2.45) is 0 Å². The molecule has 4 fully saturated rings. The van der Waals surface area contributed by atoms with Crippen molar-refractivity contribution < 1.29 is 150 Å². The lowest BCUT2D eigenvalue weighted by molar-refractivity contribution is -0.455. The fourth-order valence-electron chi connectivity index (χ4n) is 11.4. The van der Waals surface area contributed by atoms with Gasteiger partial charge < -0.3 is 74.7 Å². The number of aryl methyl sites for hydroxylation is 2. The predicted molar refractivity (Wildman–Crippen MR) is 303 cm³/mol. The van der Waals surface area contributed by atoms with Gasteiger partial charge in [0.2, 0.25) is 0 Å². The lowest BCUT2D eigenvalue weighted by Gasteiger charge is -2.43. The molecular weight excluding hydrogens is 1500 g/mol. The molecule has 0 bridgehead atoms. The normalized spacial score (nSPS) is 26.9. The topological polar surface area (TPSA) is 472 Å². The first-order valence-corrected chi connectivity index (χ1v) is 30.8. The Morgan fingerprint density at radius 2 is 0.925 bits per heavy atom. The van der Waals surface area contributed by atoms with Gasteiger partial charge in [0.25, 0.3) is 11.1 Å². The van der Waals surface area contributed by atoms with Crippen LogP contribution in [-0.4, -0.2) is 277 Å². The third-order valence-electron chi connectivity index (χ3n) is 17.4.